The van der Waals surface area contributed by atoms with Gasteiger partial charge in [-0.1, -0.05) is 78.9 Å². The Morgan fingerprint density at radius 1 is 0.560 bits per heavy atom. The molecule has 0 aliphatic carbocycles. The Hall–Kier alpha value is -2.15. The van der Waals surface area contributed by atoms with Crippen molar-refractivity contribution in [3.63, 3.8) is 0 Å². The minimum Gasteiger partial charge on any atom is -0.514 e. The fourth-order valence-electron chi connectivity index (χ4n) is 2.82. The van der Waals surface area contributed by atoms with E-state index >= 15 is 0 Å². The molecule has 0 N–H and O–H groups in total. The lowest BCUT2D eigenvalue weighted by molar-refractivity contribution is 0.415. The van der Waals surface area contributed by atoms with Gasteiger partial charge in [0.05, 0.1) is 0 Å². The smallest absolute Gasteiger partial charge is 0.458 e. The highest BCUT2D eigenvalue weighted by Crippen LogP contribution is 2.21. The highest BCUT2D eigenvalue weighted by Gasteiger charge is 2.47. The van der Waals surface area contributed by atoms with E-state index in [1.54, 1.807) is 0 Å². The molecule has 0 amide bonds. The summed E-state index contributed by atoms with van der Waals surface area (Å²) in [4.78, 5) is 0. The van der Waals surface area contributed by atoms with Gasteiger partial charge in [0.25, 0.3) is 0 Å². The first-order valence-corrected chi connectivity index (χ1v) is 13.8. The Labute approximate surface area is 152 Å². The van der Waals surface area contributed by atoms with E-state index in [2.05, 4.69) is 68.2 Å². The summed E-state index contributed by atoms with van der Waals surface area (Å²) in [6, 6.07) is 30.8. The zero-order valence-electron chi connectivity index (χ0n) is 15.0. The van der Waals surface area contributed by atoms with Crippen LogP contribution in [0.5, 0.6) is 5.75 Å². The first-order chi connectivity index (χ1) is 12.0. The maximum absolute atomic E-state index is 6.86. The van der Waals surface area contributed by atoms with E-state index in [0.717, 1.165) is 16.1 Å². The van der Waals surface area contributed by atoms with Gasteiger partial charge in [0.2, 0.25) is 0 Å². The van der Waals surface area contributed by atoms with Gasteiger partial charge in [0.1, 0.15) is 5.75 Å². The number of para-hydroxylation sites is 1. The van der Waals surface area contributed by atoms with Crippen LogP contribution in [0.2, 0.25) is 19.6 Å². The summed E-state index contributed by atoms with van der Waals surface area (Å²) < 4.78 is 13.6. The molecular formula is C21H24O2Si2. The molecular weight excluding hydrogens is 340 g/mol. The SMILES string of the molecule is C[Si](C)(C)O[Si](Oc1ccccc1)(c1ccccc1)c1ccccc1. The molecule has 4 heteroatoms. The van der Waals surface area contributed by atoms with Crippen LogP contribution in [0.1, 0.15) is 0 Å². The fourth-order valence-corrected chi connectivity index (χ4v) is 9.68. The molecule has 0 aliphatic heterocycles. The molecule has 0 fully saturated rings. The van der Waals surface area contributed by atoms with E-state index in [4.69, 9.17) is 8.54 Å². The summed E-state index contributed by atoms with van der Waals surface area (Å²) in [7, 11) is -4.74. The van der Waals surface area contributed by atoms with Crippen LogP contribution in [-0.4, -0.2) is 16.9 Å². The lowest BCUT2D eigenvalue weighted by Crippen LogP contribution is -2.68. The maximum Gasteiger partial charge on any atom is 0.458 e. The topological polar surface area (TPSA) is 18.5 Å². The van der Waals surface area contributed by atoms with Gasteiger partial charge in [-0.3, -0.25) is 0 Å². The van der Waals surface area contributed by atoms with Crippen molar-refractivity contribution >= 4 is 27.3 Å². The molecule has 3 rings (SSSR count). The number of rotatable bonds is 6. The molecule has 0 unspecified atom stereocenters. The van der Waals surface area contributed by atoms with E-state index in [1.165, 1.54) is 0 Å². The van der Waals surface area contributed by atoms with Crippen molar-refractivity contribution in [3.8, 4) is 5.75 Å². The van der Waals surface area contributed by atoms with Crippen LogP contribution >= 0.6 is 0 Å². The van der Waals surface area contributed by atoms with E-state index in [0.29, 0.717) is 0 Å². The molecule has 0 bridgehead atoms. The highest BCUT2D eigenvalue weighted by atomic mass is 28.4. The summed E-state index contributed by atoms with van der Waals surface area (Å²) >= 11 is 0. The van der Waals surface area contributed by atoms with Crippen LogP contribution in [0.3, 0.4) is 0 Å². The summed E-state index contributed by atoms with van der Waals surface area (Å²) in [5.74, 6) is 0.847. The normalized spacial score (nSPS) is 12.0. The first-order valence-electron chi connectivity index (χ1n) is 8.55. The van der Waals surface area contributed by atoms with Gasteiger partial charge in [-0.15, -0.1) is 0 Å². The van der Waals surface area contributed by atoms with Crippen molar-refractivity contribution in [2.45, 2.75) is 19.6 Å². The Morgan fingerprint density at radius 3 is 1.36 bits per heavy atom. The van der Waals surface area contributed by atoms with Gasteiger partial charge in [-0.05, 0) is 31.8 Å². The molecule has 128 valence electrons. The Morgan fingerprint density at radius 2 is 0.960 bits per heavy atom. The molecule has 0 heterocycles. The number of hydrogen-bond donors (Lipinski definition) is 0. The molecule has 25 heavy (non-hydrogen) atoms. The molecule has 0 saturated heterocycles. The molecule has 0 aromatic heterocycles. The van der Waals surface area contributed by atoms with Gasteiger partial charge in [-0.2, -0.15) is 0 Å². The molecule has 0 spiro atoms. The quantitative estimate of drug-likeness (QED) is 0.611. The van der Waals surface area contributed by atoms with Crippen molar-refractivity contribution in [1.82, 2.24) is 0 Å². The first kappa shape index (κ1) is 17.7. The van der Waals surface area contributed by atoms with Gasteiger partial charge in [0, 0.05) is 10.4 Å². The molecule has 0 saturated carbocycles. The predicted octanol–water partition coefficient (Wildman–Crippen LogP) is 4.17. The van der Waals surface area contributed by atoms with Crippen molar-refractivity contribution in [2.24, 2.45) is 0 Å². The summed E-state index contributed by atoms with van der Waals surface area (Å²) in [5, 5.41) is 2.26. The lowest BCUT2D eigenvalue weighted by Gasteiger charge is -2.37. The average molecular weight is 365 g/mol. The van der Waals surface area contributed by atoms with Gasteiger partial charge >= 0.3 is 8.56 Å². The van der Waals surface area contributed by atoms with Crippen LogP contribution in [0.25, 0.3) is 0 Å². The summed E-state index contributed by atoms with van der Waals surface area (Å²) in [5.41, 5.74) is 0. The van der Waals surface area contributed by atoms with Crippen molar-refractivity contribution in [1.29, 1.82) is 0 Å². The molecule has 0 aliphatic rings. The van der Waals surface area contributed by atoms with E-state index < -0.39 is 16.9 Å². The lowest BCUT2D eigenvalue weighted by atomic mass is 10.3. The Kier molecular flexibility index (Phi) is 5.23. The van der Waals surface area contributed by atoms with Crippen molar-refractivity contribution in [3.05, 3.63) is 91.0 Å². The molecule has 0 radical (unpaired) electrons. The molecule has 2 nitrogen and oxygen atoms in total. The second kappa shape index (κ2) is 7.39. The second-order valence-corrected chi connectivity index (χ2v) is 14.6. The molecule has 0 atom stereocenters. The van der Waals surface area contributed by atoms with Gasteiger partial charge in [0.15, 0.2) is 8.32 Å². The second-order valence-electron chi connectivity index (χ2n) is 6.98. The third kappa shape index (κ3) is 4.28. The third-order valence-electron chi connectivity index (χ3n) is 3.76. The zero-order valence-corrected chi connectivity index (χ0v) is 17.0. The van der Waals surface area contributed by atoms with Crippen LogP contribution in [-0.2, 0) is 4.12 Å². The van der Waals surface area contributed by atoms with Crippen molar-refractivity contribution < 1.29 is 8.54 Å². The van der Waals surface area contributed by atoms with E-state index in [-0.39, 0.29) is 0 Å². The monoisotopic (exact) mass is 364 g/mol. The van der Waals surface area contributed by atoms with Crippen LogP contribution < -0.4 is 14.8 Å². The van der Waals surface area contributed by atoms with Crippen LogP contribution in [0.4, 0.5) is 0 Å². The minimum atomic E-state index is -2.86. The summed E-state index contributed by atoms with van der Waals surface area (Å²) in [6.45, 7) is 6.65. The maximum atomic E-state index is 6.86. The molecule has 3 aromatic carbocycles. The fraction of sp³-hybridized carbons (Fsp3) is 0.143. The van der Waals surface area contributed by atoms with Gasteiger partial charge < -0.3 is 8.54 Å². The zero-order chi connectivity index (χ0) is 17.8. The predicted molar refractivity (Wildman–Crippen MR) is 109 cm³/mol. The largest absolute Gasteiger partial charge is 0.514 e. The Balaban J connectivity index is 2.19. The highest BCUT2D eigenvalue weighted by molar-refractivity contribution is 6.98. The minimum absolute atomic E-state index is 0.847. The van der Waals surface area contributed by atoms with E-state index in [1.807, 2.05) is 42.5 Å². The number of benzene rings is 3. The average Bonchev–Trinajstić information content (AvgIpc) is 2.62. The third-order valence-corrected chi connectivity index (χ3v) is 10.1. The Bertz CT molecular complexity index is 745. The van der Waals surface area contributed by atoms with Crippen LogP contribution in [0.15, 0.2) is 91.0 Å². The molecule has 3 aromatic rings. The standard InChI is InChI=1S/C21H24O2Si2/c1-24(2,3)23-25(20-15-9-5-10-16-20,21-17-11-6-12-18-21)22-19-13-7-4-8-14-19/h4-18H,1-3H3. The van der Waals surface area contributed by atoms with E-state index in [9.17, 15) is 0 Å². The van der Waals surface area contributed by atoms with Crippen molar-refractivity contribution in [2.75, 3.05) is 0 Å². The van der Waals surface area contributed by atoms with Crippen LogP contribution in [0, 0.1) is 0 Å². The van der Waals surface area contributed by atoms with Gasteiger partial charge in [-0.25, -0.2) is 0 Å². The summed E-state index contributed by atoms with van der Waals surface area (Å²) in [6.07, 6.45) is 0. The number of hydrogen-bond acceptors (Lipinski definition) is 2.